The highest BCUT2D eigenvalue weighted by atomic mass is 32.2. The molecule has 3 aromatic rings. The number of nitrogens with two attached hydrogens (primary N) is 1. The number of hydrogen-bond acceptors (Lipinski definition) is 6. The Morgan fingerprint density at radius 3 is 2.46 bits per heavy atom. The summed E-state index contributed by atoms with van der Waals surface area (Å²) in [6, 6.07) is 6.53. The summed E-state index contributed by atoms with van der Waals surface area (Å²) in [5, 5.41) is 9.37. The number of benzene rings is 1. The highest BCUT2D eigenvalue weighted by Crippen LogP contribution is 2.25. The standard InChI is InChI=1S/C15H18N6O2S/c1-10-13(8-11-4-6-12(7-5-11)24(16,22)23)14(20(2)3)21-15(19-10)17-9-18-21/h4-7,9H,8H2,1-3H3,(H2,16,22,23). The lowest BCUT2D eigenvalue weighted by Gasteiger charge is -2.19. The van der Waals surface area contributed by atoms with Crippen molar-refractivity contribution in [2.45, 2.75) is 18.2 Å². The van der Waals surface area contributed by atoms with Crippen LogP contribution >= 0.6 is 0 Å². The monoisotopic (exact) mass is 346 g/mol. The van der Waals surface area contributed by atoms with Gasteiger partial charge >= 0.3 is 0 Å². The third-order valence-corrected chi connectivity index (χ3v) is 4.69. The van der Waals surface area contributed by atoms with Gasteiger partial charge < -0.3 is 4.90 Å². The van der Waals surface area contributed by atoms with E-state index < -0.39 is 10.0 Å². The fourth-order valence-corrected chi connectivity index (χ4v) is 3.15. The summed E-state index contributed by atoms with van der Waals surface area (Å²) in [5.74, 6) is 1.44. The predicted octanol–water partition coefficient (Wildman–Crippen LogP) is 0.737. The van der Waals surface area contributed by atoms with Crippen LogP contribution in [0.4, 0.5) is 5.82 Å². The molecule has 2 aromatic heterocycles. The van der Waals surface area contributed by atoms with E-state index in [4.69, 9.17) is 5.14 Å². The molecule has 0 fully saturated rings. The van der Waals surface area contributed by atoms with Crippen LogP contribution in [0.1, 0.15) is 16.8 Å². The maximum atomic E-state index is 11.4. The van der Waals surface area contributed by atoms with Crippen LogP contribution in [0.2, 0.25) is 0 Å². The summed E-state index contributed by atoms with van der Waals surface area (Å²) in [7, 11) is 0.182. The van der Waals surface area contributed by atoms with Gasteiger partial charge in [0.1, 0.15) is 12.1 Å². The van der Waals surface area contributed by atoms with Gasteiger partial charge in [-0.3, -0.25) is 0 Å². The van der Waals surface area contributed by atoms with Gasteiger partial charge in [-0.2, -0.15) is 14.6 Å². The van der Waals surface area contributed by atoms with E-state index in [9.17, 15) is 8.42 Å². The SMILES string of the molecule is Cc1nc2ncnn2c(N(C)C)c1Cc1ccc(S(N)(=O)=O)cc1. The first-order valence-electron chi connectivity index (χ1n) is 7.25. The Morgan fingerprint density at radius 2 is 1.88 bits per heavy atom. The first kappa shape index (κ1) is 16.3. The van der Waals surface area contributed by atoms with Gasteiger partial charge in [-0.25, -0.2) is 18.5 Å². The zero-order chi connectivity index (χ0) is 17.5. The number of aromatic nitrogens is 4. The molecule has 3 rings (SSSR count). The molecule has 0 bridgehead atoms. The molecule has 9 heteroatoms. The fourth-order valence-electron chi connectivity index (χ4n) is 2.64. The summed E-state index contributed by atoms with van der Waals surface area (Å²) in [4.78, 5) is 10.7. The van der Waals surface area contributed by atoms with Crippen LogP contribution in [0.15, 0.2) is 35.5 Å². The second-order valence-electron chi connectivity index (χ2n) is 5.73. The van der Waals surface area contributed by atoms with E-state index in [-0.39, 0.29) is 4.90 Å². The number of nitrogens with zero attached hydrogens (tertiary/aromatic N) is 5. The van der Waals surface area contributed by atoms with Crippen molar-refractivity contribution in [3.8, 4) is 0 Å². The smallest absolute Gasteiger partial charge is 0.254 e. The lowest BCUT2D eigenvalue weighted by Crippen LogP contribution is -2.18. The van der Waals surface area contributed by atoms with Crippen molar-refractivity contribution >= 4 is 21.6 Å². The second-order valence-corrected chi connectivity index (χ2v) is 7.29. The Morgan fingerprint density at radius 1 is 1.21 bits per heavy atom. The molecule has 0 saturated heterocycles. The maximum Gasteiger partial charge on any atom is 0.254 e. The van der Waals surface area contributed by atoms with Crippen molar-refractivity contribution in [3.63, 3.8) is 0 Å². The fraction of sp³-hybridized carbons (Fsp3) is 0.267. The average Bonchev–Trinajstić information content (AvgIpc) is 2.94. The van der Waals surface area contributed by atoms with E-state index in [2.05, 4.69) is 15.1 Å². The summed E-state index contributed by atoms with van der Waals surface area (Å²) in [5.41, 5.74) is 2.81. The molecule has 0 radical (unpaired) electrons. The summed E-state index contributed by atoms with van der Waals surface area (Å²) < 4.78 is 24.4. The van der Waals surface area contributed by atoms with E-state index in [1.165, 1.54) is 18.5 Å². The molecule has 1 aromatic carbocycles. The Kier molecular flexibility index (Phi) is 3.98. The number of anilines is 1. The van der Waals surface area contributed by atoms with Crippen LogP contribution in [-0.2, 0) is 16.4 Å². The van der Waals surface area contributed by atoms with Gasteiger partial charge in [0.15, 0.2) is 0 Å². The van der Waals surface area contributed by atoms with E-state index >= 15 is 0 Å². The van der Waals surface area contributed by atoms with E-state index in [0.29, 0.717) is 12.2 Å². The molecule has 8 nitrogen and oxygen atoms in total. The molecule has 2 heterocycles. The lowest BCUT2D eigenvalue weighted by molar-refractivity contribution is 0.598. The molecule has 0 aliphatic carbocycles. The number of rotatable bonds is 4. The van der Waals surface area contributed by atoms with E-state index in [1.54, 1.807) is 16.6 Å². The molecule has 0 aliphatic heterocycles. The average molecular weight is 346 g/mol. The molecule has 0 saturated carbocycles. The third-order valence-electron chi connectivity index (χ3n) is 3.76. The highest BCUT2D eigenvalue weighted by Gasteiger charge is 2.17. The van der Waals surface area contributed by atoms with Gasteiger partial charge in [0.2, 0.25) is 10.0 Å². The molecular formula is C15H18N6O2S. The Balaban J connectivity index is 2.06. The van der Waals surface area contributed by atoms with Crippen LogP contribution in [0.3, 0.4) is 0 Å². The van der Waals surface area contributed by atoms with Crippen molar-refractivity contribution in [3.05, 3.63) is 47.4 Å². The minimum Gasteiger partial charge on any atom is -0.362 e. The van der Waals surface area contributed by atoms with Gasteiger partial charge in [0.05, 0.1) is 4.90 Å². The van der Waals surface area contributed by atoms with Crippen LogP contribution < -0.4 is 10.0 Å². The number of hydrogen-bond donors (Lipinski definition) is 1. The van der Waals surface area contributed by atoms with E-state index in [1.807, 2.05) is 25.9 Å². The maximum absolute atomic E-state index is 11.4. The van der Waals surface area contributed by atoms with Gasteiger partial charge in [0, 0.05) is 31.8 Å². The number of primary sulfonamides is 1. The normalized spacial score (nSPS) is 11.8. The molecule has 0 unspecified atom stereocenters. The number of aryl methyl sites for hydroxylation is 1. The predicted molar refractivity (Wildman–Crippen MR) is 90.5 cm³/mol. The van der Waals surface area contributed by atoms with E-state index in [0.717, 1.165) is 22.6 Å². The zero-order valence-electron chi connectivity index (χ0n) is 13.6. The molecule has 0 amide bonds. The summed E-state index contributed by atoms with van der Waals surface area (Å²) in [6.45, 7) is 1.93. The topological polar surface area (TPSA) is 106 Å². The molecular weight excluding hydrogens is 328 g/mol. The molecule has 126 valence electrons. The van der Waals surface area contributed by atoms with Crippen LogP contribution in [0, 0.1) is 6.92 Å². The van der Waals surface area contributed by atoms with Crippen molar-refractivity contribution in [2.24, 2.45) is 5.14 Å². The molecule has 0 atom stereocenters. The summed E-state index contributed by atoms with van der Waals surface area (Å²) >= 11 is 0. The molecule has 0 spiro atoms. The Labute approximate surface area is 140 Å². The first-order valence-corrected chi connectivity index (χ1v) is 8.80. The van der Waals surface area contributed by atoms with Gasteiger partial charge in [-0.15, -0.1) is 0 Å². The minimum atomic E-state index is -3.69. The van der Waals surface area contributed by atoms with Crippen LogP contribution in [0.5, 0.6) is 0 Å². The van der Waals surface area contributed by atoms with Gasteiger partial charge in [-0.1, -0.05) is 12.1 Å². The van der Waals surface area contributed by atoms with Crippen LogP contribution in [0.25, 0.3) is 5.78 Å². The molecule has 24 heavy (non-hydrogen) atoms. The second kappa shape index (κ2) is 5.84. The number of fused-ring (bicyclic) bond motifs is 1. The highest BCUT2D eigenvalue weighted by molar-refractivity contribution is 7.89. The van der Waals surface area contributed by atoms with Gasteiger partial charge in [-0.05, 0) is 24.6 Å². The largest absolute Gasteiger partial charge is 0.362 e. The minimum absolute atomic E-state index is 0.0978. The van der Waals surface area contributed by atoms with Crippen LogP contribution in [-0.4, -0.2) is 42.1 Å². The zero-order valence-corrected chi connectivity index (χ0v) is 14.4. The molecule has 2 N–H and O–H groups in total. The molecule has 0 aliphatic rings. The quantitative estimate of drug-likeness (QED) is 0.747. The Bertz CT molecular complexity index is 993. The van der Waals surface area contributed by atoms with Crippen molar-refractivity contribution < 1.29 is 8.42 Å². The van der Waals surface area contributed by atoms with Crippen molar-refractivity contribution in [2.75, 3.05) is 19.0 Å². The Hall–Kier alpha value is -2.52. The van der Waals surface area contributed by atoms with Crippen molar-refractivity contribution in [1.82, 2.24) is 19.6 Å². The third kappa shape index (κ3) is 2.95. The first-order chi connectivity index (χ1) is 11.3. The summed E-state index contributed by atoms with van der Waals surface area (Å²) in [6.07, 6.45) is 2.06. The van der Waals surface area contributed by atoms with Crippen molar-refractivity contribution in [1.29, 1.82) is 0 Å². The lowest BCUT2D eigenvalue weighted by atomic mass is 10.0. The van der Waals surface area contributed by atoms with Gasteiger partial charge in [0.25, 0.3) is 5.78 Å². The number of sulfonamides is 1.